The van der Waals surface area contributed by atoms with E-state index in [1.807, 2.05) is 12.1 Å². The average molecular weight is 407 g/mol. The average Bonchev–Trinajstić information content (AvgIpc) is 2.66. The van der Waals surface area contributed by atoms with Crippen molar-refractivity contribution in [3.05, 3.63) is 70.8 Å². The summed E-state index contributed by atoms with van der Waals surface area (Å²) >= 11 is 5.91. The van der Waals surface area contributed by atoms with Crippen LogP contribution in [-0.2, 0) is 21.4 Å². The molecule has 0 saturated heterocycles. The molecule has 0 aliphatic heterocycles. The molecule has 0 spiro atoms. The number of sulfonamides is 1. The lowest BCUT2D eigenvalue weighted by Crippen LogP contribution is -2.30. The maximum absolute atomic E-state index is 12.5. The quantitative estimate of drug-likeness (QED) is 0.679. The number of halogens is 1. The zero-order valence-corrected chi connectivity index (χ0v) is 16.9. The molecule has 0 aliphatic carbocycles. The van der Waals surface area contributed by atoms with Crippen LogP contribution >= 0.6 is 11.6 Å². The van der Waals surface area contributed by atoms with Crippen LogP contribution in [0, 0.1) is 0 Å². The van der Waals surface area contributed by atoms with Gasteiger partial charge in [-0.1, -0.05) is 49.7 Å². The lowest BCUT2D eigenvalue weighted by atomic mass is 10.2. The smallest absolute Gasteiger partial charge is 0.244 e. The molecule has 0 aliphatic rings. The summed E-state index contributed by atoms with van der Waals surface area (Å²) in [6.45, 7) is 4.84. The Kier molecular flexibility index (Phi) is 7.59. The second-order valence-electron chi connectivity index (χ2n) is 5.84. The Bertz CT molecular complexity index is 905. The number of benzene rings is 2. The van der Waals surface area contributed by atoms with Crippen molar-refractivity contribution in [2.75, 3.05) is 13.1 Å². The largest absolute Gasteiger partial charge is 0.348 e. The molecule has 0 bridgehead atoms. The summed E-state index contributed by atoms with van der Waals surface area (Å²) in [6.07, 6.45) is 3.06. The van der Waals surface area contributed by atoms with Gasteiger partial charge in [-0.05, 0) is 41.5 Å². The molecular weight excluding hydrogens is 384 g/mol. The fourth-order valence-electron chi connectivity index (χ4n) is 2.53. The van der Waals surface area contributed by atoms with Crippen LogP contribution in [0.25, 0.3) is 6.08 Å². The van der Waals surface area contributed by atoms with Crippen LogP contribution in [0.3, 0.4) is 0 Å². The Morgan fingerprint density at radius 1 is 1.11 bits per heavy atom. The molecule has 0 heterocycles. The second kappa shape index (κ2) is 9.69. The molecule has 1 amide bonds. The molecule has 2 rings (SSSR count). The van der Waals surface area contributed by atoms with E-state index in [2.05, 4.69) is 5.32 Å². The first-order valence-electron chi connectivity index (χ1n) is 8.67. The standard InChI is InChI=1S/C20H23ClN2O3S/c1-3-23(4-2)27(25,26)19-11-8-16(9-12-19)10-13-20(24)22-15-17-6-5-7-18(21)14-17/h5-14H,3-4,15H2,1-2H3,(H,22,24)/b13-10+. The number of carbonyl (C=O) groups excluding carboxylic acids is 1. The number of carbonyl (C=O) groups is 1. The summed E-state index contributed by atoms with van der Waals surface area (Å²) in [6, 6.07) is 13.7. The summed E-state index contributed by atoms with van der Waals surface area (Å²) in [5.41, 5.74) is 1.65. The highest BCUT2D eigenvalue weighted by Gasteiger charge is 2.20. The number of rotatable bonds is 8. The highest BCUT2D eigenvalue weighted by Crippen LogP contribution is 2.16. The fourth-order valence-corrected chi connectivity index (χ4v) is 4.20. The zero-order chi connectivity index (χ0) is 19.9. The van der Waals surface area contributed by atoms with Crippen LogP contribution < -0.4 is 5.32 Å². The van der Waals surface area contributed by atoms with Gasteiger partial charge < -0.3 is 5.32 Å². The molecule has 0 fully saturated rings. The summed E-state index contributed by atoms with van der Waals surface area (Å²) < 4.78 is 26.3. The van der Waals surface area contributed by atoms with Gasteiger partial charge in [-0.25, -0.2) is 8.42 Å². The Balaban J connectivity index is 1.98. The topological polar surface area (TPSA) is 66.5 Å². The van der Waals surface area contributed by atoms with E-state index in [0.717, 1.165) is 11.1 Å². The SMILES string of the molecule is CCN(CC)S(=O)(=O)c1ccc(/C=C/C(=O)NCc2cccc(Cl)c2)cc1. The van der Waals surface area contributed by atoms with Gasteiger partial charge in [-0.2, -0.15) is 4.31 Å². The van der Waals surface area contributed by atoms with Gasteiger partial charge >= 0.3 is 0 Å². The van der Waals surface area contributed by atoms with Gasteiger partial charge in [0.05, 0.1) is 4.90 Å². The minimum atomic E-state index is -3.47. The van der Waals surface area contributed by atoms with Crippen molar-refractivity contribution in [3.63, 3.8) is 0 Å². The molecule has 5 nitrogen and oxygen atoms in total. The molecular formula is C20H23ClN2O3S. The Labute approximate surface area is 165 Å². The van der Waals surface area contributed by atoms with Gasteiger partial charge in [0.1, 0.15) is 0 Å². The first kappa shape index (κ1) is 21.2. The van der Waals surface area contributed by atoms with Gasteiger partial charge in [0.15, 0.2) is 0 Å². The Morgan fingerprint density at radius 2 is 1.78 bits per heavy atom. The molecule has 1 N–H and O–H groups in total. The van der Waals surface area contributed by atoms with Crippen LogP contribution in [0.15, 0.2) is 59.5 Å². The van der Waals surface area contributed by atoms with Crippen LogP contribution in [0.2, 0.25) is 5.02 Å². The van der Waals surface area contributed by atoms with Gasteiger partial charge in [-0.3, -0.25) is 4.79 Å². The summed E-state index contributed by atoms with van der Waals surface area (Å²) in [7, 11) is -3.47. The lowest BCUT2D eigenvalue weighted by Gasteiger charge is -2.18. The van der Waals surface area contributed by atoms with E-state index in [4.69, 9.17) is 11.6 Å². The van der Waals surface area contributed by atoms with Gasteiger partial charge in [0, 0.05) is 30.7 Å². The van der Waals surface area contributed by atoms with Crippen molar-refractivity contribution in [1.82, 2.24) is 9.62 Å². The fraction of sp³-hybridized carbons (Fsp3) is 0.250. The van der Waals surface area contributed by atoms with Gasteiger partial charge in [0.25, 0.3) is 0 Å². The van der Waals surface area contributed by atoms with E-state index < -0.39 is 10.0 Å². The molecule has 27 heavy (non-hydrogen) atoms. The third-order valence-electron chi connectivity index (χ3n) is 4.01. The number of hydrogen-bond donors (Lipinski definition) is 1. The number of nitrogens with one attached hydrogen (secondary N) is 1. The molecule has 0 atom stereocenters. The van der Waals surface area contributed by atoms with E-state index in [1.54, 1.807) is 56.3 Å². The van der Waals surface area contributed by atoms with Gasteiger partial charge in [0.2, 0.25) is 15.9 Å². The number of amides is 1. The molecule has 0 radical (unpaired) electrons. The van der Waals surface area contributed by atoms with Crippen molar-refractivity contribution in [3.8, 4) is 0 Å². The van der Waals surface area contributed by atoms with Crippen LogP contribution in [0.4, 0.5) is 0 Å². The van der Waals surface area contributed by atoms with E-state index in [0.29, 0.717) is 24.7 Å². The van der Waals surface area contributed by atoms with E-state index in [1.165, 1.54) is 10.4 Å². The number of nitrogens with zero attached hydrogens (tertiary/aromatic N) is 1. The third kappa shape index (κ3) is 5.92. The highest BCUT2D eigenvalue weighted by molar-refractivity contribution is 7.89. The van der Waals surface area contributed by atoms with E-state index in [9.17, 15) is 13.2 Å². The molecule has 0 aromatic heterocycles. The minimum absolute atomic E-state index is 0.241. The van der Waals surface area contributed by atoms with Crippen molar-refractivity contribution in [2.24, 2.45) is 0 Å². The molecule has 0 saturated carbocycles. The van der Waals surface area contributed by atoms with Crippen molar-refractivity contribution in [2.45, 2.75) is 25.3 Å². The minimum Gasteiger partial charge on any atom is -0.348 e. The Hall–Kier alpha value is -2.15. The second-order valence-corrected chi connectivity index (χ2v) is 8.21. The van der Waals surface area contributed by atoms with Crippen molar-refractivity contribution < 1.29 is 13.2 Å². The Morgan fingerprint density at radius 3 is 2.37 bits per heavy atom. The van der Waals surface area contributed by atoms with Gasteiger partial charge in [-0.15, -0.1) is 0 Å². The predicted molar refractivity (Wildman–Crippen MR) is 109 cm³/mol. The number of hydrogen-bond acceptors (Lipinski definition) is 3. The van der Waals surface area contributed by atoms with Crippen LogP contribution in [-0.4, -0.2) is 31.7 Å². The monoisotopic (exact) mass is 406 g/mol. The molecule has 2 aromatic rings. The van der Waals surface area contributed by atoms with E-state index >= 15 is 0 Å². The van der Waals surface area contributed by atoms with E-state index in [-0.39, 0.29) is 10.8 Å². The summed E-state index contributed by atoms with van der Waals surface area (Å²) in [5.74, 6) is -0.241. The predicted octanol–water partition coefficient (Wildman–Crippen LogP) is 3.70. The normalized spacial score (nSPS) is 11.9. The zero-order valence-electron chi connectivity index (χ0n) is 15.4. The summed E-state index contributed by atoms with van der Waals surface area (Å²) in [5, 5.41) is 3.40. The maximum Gasteiger partial charge on any atom is 0.244 e. The summed E-state index contributed by atoms with van der Waals surface area (Å²) in [4.78, 5) is 12.2. The lowest BCUT2D eigenvalue weighted by molar-refractivity contribution is -0.116. The third-order valence-corrected chi connectivity index (χ3v) is 6.31. The molecule has 2 aromatic carbocycles. The van der Waals surface area contributed by atoms with Crippen molar-refractivity contribution in [1.29, 1.82) is 0 Å². The first-order chi connectivity index (χ1) is 12.9. The first-order valence-corrected chi connectivity index (χ1v) is 10.5. The molecule has 7 heteroatoms. The molecule has 144 valence electrons. The molecule has 0 unspecified atom stereocenters. The van der Waals surface area contributed by atoms with Crippen LogP contribution in [0.1, 0.15) is 25.0 Å². The highest BCUT2D eigenvalue weighted by atomic mass is 35.5. The maximum atomic E-state index is 12.5. The van der Waals surface area contributed by atoms with Crippen molar-refractivity contribution >= 4 is 33.6 Å². The van der Waals surface area contributed by atoms with Crippen LogP contribution in [0.5, 0.6) is 0 Å².